The van der Waals surface area contributed by atoms with Crippen LogP contribution in [-0.4, -0.2) is 44.6 Å². The number of carboxylic acid groups (broad SMARTS) is 1. The molecular formula is C25H28N2O4. The largest absolute Gasteiger partial charge is 0.497 e. The van der Waals surface area contributed by atoms with Crippen molar-refractivity contribution in [2.45, 2.75) is 31.6 Å². The summed E-state index contributed by atoms with van der Waals surface area (Å²) in [6.45, 7) is 1.24. The van der Waals surface area contributed by atoms with Crippen molar-refractivity contribution in [1.82, 2.24) is 0 Å². The minimum atomic E-state index is -0.820. The highest BCUT2D eigenvalue weighted by Crippen LogP contribution is 2.40. The summed E-state index contributed by atoms with van der Waals surface area (Å²) in [4.78, 5) is 17.9. The van der Waals surface area contributed by atoms with Crippen LogP contribution < -0.4 is 14.4 Å². The highest BCUT2D eigenvalue weighted by molar-refractivity contribution is 5.96. The van der Waals surface area contributed by atoms with E-state index in [0.29, 0.717) is 31.1 Å². The van der Waals surface area contributed by atoms with Gasteiger partial charge in [-0.2, -0.15) is 0 Å². The smallest absolute Gasteiger partial charge is 0.331 e. The molecule has 6 nitrogen and oxygen atoms in total. The second-order valence-corrected chi connectivity index (χ2v) is 7.95. The number of benzene rings is 2. The van der Waals surface area contributed by atoms with Crippen LogP contribution >= 0.6 is 0 Å². The summed E-state index contributed by atoms with van der Waals surface area (Å²) in [5.74, 6) is 1.28. The number of dihydropyridines is 1. The van der Waals surface area contributed by atoms with Crippen LogP contribution in [0, 0.1) is 0 Å². The Kier molecular flexibility index (Phi) is 6.26. The summed E-state index contributed by atoms with van der Waals surface area (Å²) in [5, 5.41) is 9.46. The van der Waals surface area contributed by atoms with Gasteiger partial charge in [0, 0.05) is 42.8 Å². The molecule has 2 aromatic carbocycles. The Morgan fingerprint density at radius 1 is 1.23 bits per heavy atom. The Labute approximate surface area is 182 Å². The number of hydrogen-bond donors (Lipinski definition) is 1. The summed E-state index contributed by atoms with van der Waals surface area (Å²) in [6.07, 6.45) is 4.82. The van der Waals surface area contributed by atoms with Crippen molar-refractivity contribution in [1.29, 1.82) is 0 Å². The summed E-state index contributed by atoms with van der Waals surface area (Å²) in [5.41, 5.74) is 4.70. The van der Waals surface area contributed by atoms with Gasteiger partial charge in [0.1, 0.15) is 11.5 Å². The number of ether oxygens (including phenoxy) is 2. The van der Waals surface area contributed by atoms with Crippen molar-refractivity contribution >= 4 is 23.6 Å². The van der Waals surface area contributed by atoms with Gasteiger partial charge in [0.05, 0.1) is 13.7 Å². The molecule has 0 fully saturated rings. The zero-order chi connectivity index (χ0) is 21.8. The average molecular weight is 421 g/mol. The Hall–Kier alpha value is -3.28. The fraction of sp³-hybridized carbons (Fsp3) is 0.360. The molecule has 2 aliphatic rings. The Morgan fingerprint density at radius 3 is 2.74 bits per heavy atom. The van der Waals surface area contributed by atoms with Gasteiger partial charge in [0.2, 0.25) is 0 Å². The zero-order valence-electron chi connectivity index (χ0n) is 18.0. The predicted octanol–water partition coefficient (Wildman–Crippen LogP) is 4.97. The molecule has 31 heavy (non-hydrogen) atoms. The van der Waals surface area contributed by atoms with E-state index in [2.05, 4.69) is 28.1 Å². The van der Waals surface area contributed by atoms with Gasteiger partial charge in [-0.3, -0.25) is 4.99 Å². The molecule has 1 N–H and O–H groups in total. The number of hydrogen-bond acceptors (Lipinski definition) is 5. The van der Waals surface area contributed by atoms with Crippen LogP contribution in [0.3, 0.4) is 0 Å². The lowest BCUT2D eigenvalue weighted by atomic mass is 9.86. The second-order valence-electron chi connectivity index (χ2n) is 7.95. The van der Waals surface area contributed by atoms with Crippen LogP contribution in [0.4, 0.5) is 11.4 Å². The lowest BCUT2D eigenvalue weighted by molar-refractivity contribution is -0.132. The third-order valence-corrected chi connectivity index (χ3v) is 6.15. The molecule has 0 bridgehead atoms. The fourth-order valence-corrected chi connectivity index (χ4v) is 4.29. The molecule has 2 aromatic rings. The van der Waals surface area contributed by atoms with Crippen molar-refractivity contribution in [2.24, 2.45) is 4.99 Å². The molecule has 2 aliphatic heterocycles. The normalized spacial score (nSPS) is 17.7. The molecule has 4 rings (SSSR count). The molecule has 0 saturated carbocycles. The van der Waals surface area contributed by atoms with Crippen LogP contribution in [0.5, 0.6) is 11.5 Å². The van der Waals surface area contributed by atoms with E-state index in [4.69, 9.17) is 9.47 Å². The number of aliphatic imine (C=N–C) groups is 1. The van der Waals surface area contributed by atoms with Crippen LogP contribution in [0.25, 0.3) is 0 Å². The van der Waals surface area contributed by atoms with Gasteiger partial charge in [0.25, 0.3) is 0 Å². The number of nitrogens with zero attached hydrogens (tertiary/aromatic N) is 2. The van der Waals surface area contributed by atoms with Crippen LogP contribution in [0.2, 0.25) is 0 Å². The van der Waals surface area contributed by atoms with Gasteiger partial charge in [-0.1, -0.05) is 6.07 Å². The molecule has 2 heterocycles. The first-order valence-corrected chi connectivity index (χ1v) is 10.7. The summed E-state index contributed by atoms with van der Waals surface area (Å²) in [6, 6.07) is 14.3. The Balaban J connectivity index is 1.50. The maximum atomic E-state index is 11.5. The monoisotopic (exact) mass is 420 g/mol. The minimum absolute atomic E-state index is 0.349. The first-order valence-electron chi connectivity index (χ1n) is 10.7. The highest BCUT2D eigenvalue weighted by atomic mass is 16.5. The van der Waals surface area contributed by atoms with Crippen molar-refractivity contribution in [3.63, 3.8) is 0 Å². The van der Waals surface area contributed by atoms with Crippen LogP contribution in [-0.2, 0) is 4.79 Å². The number of carbonyl (C=O) groups is 1. The maximum absolute atomic E-state index is 11.5. The van der Waals surface area contributed by atoms with E-state index in [0.717, 1.165) is 47.7 Å². The van der Waals surface area contributed by atoms with E-state index in [1.54, 1.807) is 13.3 Å². The molecule has 0 saturated heterocycles. The summed E-state index contributed by atoms with van der Waals surface area (Å²) >= 11 is 0. The van der Waals surface area contributed by atoms with Gasteiger partial charge in [-0.05, 0) is 73.1 Å². The van der Waals surface area contributed by atoms with Crippen molar-refractivity contribution in [3.05, 3.63) is 59.2 Å². The molecule has 0 unspecified atom stereocenters. The van der Waals surface area contributed by atoms with E-state index in [1.807, 2.05) is 31.3 Å². The SMILES string of the molecule is COc1ccc(N(C)c2ccc3c(c2)OCC[C@H]3CCC2=C(C(=O)O)CCN=C2)cc1. The molecule has 6 heteroatoms. The lowest BCUT2D eigenvalue weighted by Gasteiger charge is -2.28. The van der Waals surface area contributed by atoms with E-state index in [9.17, 15) is 9.90 Å². The van der Waals surface area contributed by atoms with Gasteiger partial charge >= 0.3 is 5.97 Å². The van der Waals surface area contributed by atoms with E-state index in [1.165, 1.54) is 5.56 Å². The number of anilines is 2. The predicted molar refractivity (Wildman–Crippen MR) is 122 cm³/mol. The first kappa shape index (κ1) is 21.0. The number of allylic oxidation sites excluding steroid dienone is 1. The van der Waals surface area contributed by atoms with Crippen molar-refractivity contribution in [3.8, 4) is 11.5 Å². The second kappa shape index (κ2) is 9.25. The molecule has 0 radical (unpaired) electrons. The molecule has 0 spiro atoms. The molecular weight excluding hydrogens is 392 g/mol. The summed E-state index contributed by atoms with van der Waals surface area (Å²) < 4.78 is 11.2. The maximum Gasteiger partial charge on any atom is 0.331 e. The quantitative estimate of drug-likeness (QED) is 0.685. The number of aliphatic carboxylic acids is 1. The Morgan fingerprint density at radius 2 is 2.00 bits per heavy atom. The Bertz CT molecular complexity index is 1010. The van der Waals surface area contributed by atoms with Crippen molar-refractivity contribution < 1.29 is 19.4 Å². The number of carboxylic acids is 1. The molecule has 0 aliphatic carbocycles. The fourth-order valence-electron chi connectivity index (χ4n) is 4.29. The van der Waals surface area contributed by atoms with Gasteiger partial charge in [-0.25, -0.2) is 4.79 Å². The van der Waals surface area contributed by atoms with Crippen LogP contribution in [0.1, 0.15) is 37.2 Å². The molecule has 1 atom stereocenters. The minimum Gasteiger partial charge on any atom is -0.497 e. The van der Waals surface area contributed by atoms with Crippen LogP contribution in [0.15, 0.2) is 58.6 Å². The lowest BCUT2D eigenvalue weighted by Crippen LogP contribution is -2.17. The topological polar surface area (TPSA) is 71.4 Å². The van der Waals surface area contributed by atoms with E-state index < -0.39 is 5.97 Å². The van der Waals surface area contributed by atoms with E-state index >= 15 is 0 Å². The average Bonchev–Trinajstić information content (AvgIpc) is 2.82. The van der Waals surface area contributed by atoms with Gasteiger partial charge < -0.3 is 19.5 Å². The van der Waals surface area contributed by atoms with Gasteiger partial charge in [-0.15, -0.1) is 0 Å². The molecule has 0 amide bonds. The number of fused-ring (bicyclic) bond motifs is 1. The van der Waals surface area contributed by atoms with Crippen molar-refractivity contribution in [2.75, 3.05) is 32.2 Å². The third kappa shape index (κ3) is 4.58. The van der Waals surface area contributed by atoms with E-state index in [-0.39, 0.29) is 0 Å². The number of rotatable bonds is 7. The van der Waals surface area contributed by atoms with Gasteiger partial charge in [0.15, 0.2) is 0 Å². The highest BCUT2D eigenvalue weighted by Gasteiger charge is 2.24. The third-order valence-electron chi connectivity index (χ3n) is 6.15. The molecule has 0 aromatic heterocycles. The standard InChI is InChI=1S/C25H28N2O4/c1-27(19-5-8-21(30-2)9-6-19)20-7-10-22-17(12-14-31-24(22)15-20)3-4-18-16-26-13-11-23(18)25(28)29/h5-10,15-17H,3-4,11-14H2,1-2H3,(H,28,29)/t17-/m1/s1. The number of methoxy groups -OCH3 is 1. The summed E-state index contributed by atoms with van der Waals surface area (Å²) in [7, 11) is 3.70. The molecule has 162 valence electrons. The zero-order valence-corrected chi connectivity index (χ0v) is 18.0. The first-order chi connectivity index (χ1) is 15.1.